The zero-order chi connectivity index (χ0) is 17.9. The van der Waals surface area contributed by atoms with Crippen molar-refractivity contribution >= 4 is 5.91 Å². The molecule has 0 bridgehead atoms. The Labute approximate surface area is 155 Å². The van der Waals surface area contributed by atoms with Crippen LogP contribution in [0.5, 0.6) is 5.75 Å². The minimum Gasteiger partial charge on any atom is -0.492 e. The number of piperazine rings is 1. The van der Waals surface area contributed by atoms with Gasteiger partial charge in [-0.1, -0.05) is 42.5 Å². The molecule has 4 heteroatoms. The number of amides is 1. The van der Waals surface area contributed by atoms with Gasteiger partial charge in [0.05, 0.1) is 5.92 Å². The lowest BCUT2D eigenvalue weighted by Gasteiger charge is -2.37. The zero-order valence-electron chi connectivity index (χ0n) is 15.4. The van der Waals surface area contributed by atoms with E-state index in [1.165, 1.54) is 11.1 Å². The van der Waals surface area contributed by atoms with Gasteiger partial charge >= 0.3 is 0 Å². The van der Waals surface area contributed by atoms with Crippen LogP contribution in [0.4, 0.5) is 0 Å². The summed E-state index contributed by atoms with van der Waals surface area (Å²) < 4.78 is 5.80. The van der Waals surface area contributed by atoms with Crippen molar-refractivity contribution in [1.29, 1.82) is 0 Å². The Morgan fingerprint density at radius 2 is 1.77 bits per heavy atom. The monoisotopic (exact) mass is 350 g/mol. The maximum Gasteiger partial charge on any atom is 0.229 e. The minimum absolute atomic E-state index is 0.0483. The molecule has 136 valence electrons. The molecular formula is C22H26N2O2. The van der Waals surface area contributed by atoms with Crippen LogP contribution in [0.2, 0.25) is 0 Å². The lowest BCUT2D eigenvalue weighted by Crippen LogP contribution is -2.51. The molecule has 4 nitrogen and oxygen atoms in total. The van der Waals surface area contributed by atoms with Gasteiger partial charge in [0.25, 0.3) is 0 Å². The maximum atomic E-state index is 12.9. The summed E-state index contributed by atoms with van der Waals surface area (Å²) in [5.41, 5.74) is 3.86. The van der Waals surface area contributed by atoms with Crippen LogP contribution < -0.4 is 4.74 Å². The Balaban J connectivity index is 1.32. The average molecular weight is 350 g/mol. The highest BCUT2D eigenvalue weighted by Gasteiger charge is 2.31. The van der Waals surface area contributed by atoms with E-state index in [4.69, 9.17) is 4.74 Å². The van der Waals surface area contributed by atoms with Gasteiger partial charge in [-0.25, -0.2) is 0 Å². The topological polar surface area (TPSA) is 32.8 Å². The van der Waals surface area contributed by atoms with E-state index in [9.17, 15) is 4.79 Å². The zero-order valence-corrected chi connectivity index (χ0v) is 15.4. The smallest absolute Gasteiger partial charge is 0.229 e. The number of carbonyl (C=O) groups is 1. The standard InChI is InChI=1S/C22H26N2O2/c1-17-6-2-3-8-19(17)15-23-10-12-24(13-11-23)22(25)20-14-18-7-4-5-9-21(18)26-16-20/h2-9,20H,10-16H2,1H3. The summed E-state index contributed by atoms with van der Waals surface area (Å²) in [5, 5.41) is 0. The Morgan fingerprint density at radius 1 is 1.04 bits per heavy atom. The maximum absolute atomic E-state index is 12.9. The van der Waals surface area contributed by atoms with Crippen LogP contribution >= 0.6 is 0 Å². The number of rotatable bonds is 3. The molecule has 1 unspecified atom stereocenters. The molecule has 0 saturated carbocycles. The van der Waals surface area contributed by atoms with E-state index in [-0.39, 0.29) is 11.8 Å². The highest BCUT2D eigenvalue weighted by molar-refractivity contribution is 5.80. The highest BCUT2D eigenvalue weighted by atomic mass is 16.5. The normalized spacial score (nSPS) is 20.3. The molecule has 2 aliphatic heterocycles. The number of benzene rings is 2. The third-order valence-corrected chi connectivity index (χ3v) is 5.57. The number of nitrogens with zero attached hydrogens (tertiary/aromatic N) is 2. The fraction of sp³-hybridized carbons (Fsp3) is 0.409. The van der Waals surface area contributed by atoms with Gasteiger partial charge in [0, 0.05) is 32.7 Å². The third kappa shape index (κ3) is 3.61. The molecule has 0 N–H and O–H groups in total. The van der Waals surface area contributed by atoms with Crippen LogP contribution in [0.3, 0.4) is 0 Å². The number of ether oxygens (including phenoxy) is 1. The molecule has 2 aromatic carbocycles. The van der Waals surface area contributed by atoms with Gasteiger partial charge in [-0.05, 0) is 36.1 Å². The van der Waals surface area contributed by atoms with Crippen LogP contribution in [-0.2, 0) is 17.8 Å². The summed E-state index contributed by atoms with van der Waals surface area (Å²) in [4.78, 5) is 17.4. The van der Waals surface area contributed by atoms with Gasteiger partial charge in [-0.2, -0.15) is 0 Å². The molecule has 2 aliphatic rings. The van der Waals surface area contributed by atoms with Gasteiger partial charge in [-0.15, -0.1) is 0 Å². The molecule has 1 fully saturated rings. The second-order valence-electron chi connectivity index (χ2n) is 7.35. The van der Waals surface area contributed by atoms with Crippen molar-refractivity contribution in [2.24, 2.45) is 5.92 Å². The van der Waals surface area contributed by atoms with E-state index in [1.54, 1.807) is 0 Å². The van der Waals surface area contributed by atoms with Gasteiger partial charge < -0.3 is 9.64 Å². The third-order valence-electron chi connectivity index (χ3n) is 5.57. The predicted octanol–water partition coefficient (Wildman–Crippen LogP) is 2.89. The number of carbonyl (C=O) groups excluding carboxylic acids is 1. The molecular weight excluding hydrogens is 324 g/mol. The molecule has 0 radical (unpaired) electrons. The van der Waals surface area contributed by atoms with Crippen LogP contribution in [0, 0.1) is 12.8 Å². The SMILES string of the molecule is Cc1ccccc1CN1CCN(C(=O)C2COc3ccccc3C2)CC1. The summed E-state index contributed by atoms with van der Waals surface area (Å²) >= 11 is 0. The molecule has 0 aromatic heterocycles. The van der Waals surface area contributed by atoms with E-state index < -0.39 is 0 Å². The Morgan fingerprint density at radius 3 is 2.58 bits per heavy atom. The molecule has 2 aromatic rings. The first-order chi connectivity index (χ1) is 12.7. The van der Waals surface area contributed by atoms with Gasteiger partial charge in [0.2, 0.25) is 5.91 Å². The van der Waals surface area contributed by atoms with Crippen molar-refractivity contribution in [2.45, 2.75) is 19.9 Å². The van der Waals surface area contributed by atoms with Crippen molar-refractivity contribution in [1.82, 2.24) is 9.80 Å². The highest BCUT2D eigenvalue weighted by Crippen LogP contribution is 2.28. The van der Waals surface area contributed by atoms with Gasteiger partial charge in [0.15, 0.2) is 0 Å². The van der Waals surface area contributed by atoms with Crippen molar-refractivity contribution in [3.63, 3.8) is 0 Å². The first kappa shape index (κ1) is 17.1. The second kappa shape index (κ2) is 7.50. The van der Waals surface area contributed by atoms with E-state index in [0.717, 1.165) is 50.5 Å². The van der Waals surface area contributed by atoms with Crippen molar-refractivity contribution in [3.05, 3.63) is 65.2 Å². The van der Waals surface area contributed by atoms with Gasteiger partial charge in [-0.3, -0.25) is 9.69 Å². The summed E-state index contributed by atoms with van der Waals surface area (Å²) in [5.74, 6) is 1.13. The number of fused-ring (bicyclic) bond motifs is 1. The molecule has 1 amide bonds. The summed E-state index contributed by atoms with van der Waals surface area (Å²) in [6.45, 7) is 7.12. The Hall–Kier alpha value is -2.33. The van der Waals surface area contributed by atoms with Crippen molar-refractivity contribution in [2.75, 3.05) is 32.8 Å². The molecule has 0 spiro atoms. The summed E-state index contributed by atoms with van der Waals surface area (Å²) in [6.07, 6.45) is 0.790. The first-order valence-corrected chi connectivity index (χ1v) is 9.47. The molecule has 0 aliphatic carbocycles. The first-order valence-electron chi connectivity index (χ1n) is 9.47. The number of hydrogen-bond acceptors (Lipinski definition) is 3. The Bertz CT molecular complexity index is 781. The largest absolute Gasteiger partial charge is 0.492 e. The van der Waals surface area contributed by atoms with E-state index >= 15 is 0 Å². The molecule has 1 saturated heterocycles. The number of para-hydroxylation sites is 1. The number of hydrogen-bond donors (Lipinski definition) is 0. The van der Waals surface area contributed by atoms with Crippen LogP contribution in [0.25, 0.3) is 0 Å². The molecule has 2 heterocycles. The fourth-order valence-corrected chi connectivity index (χ4v) is 3.90. The van der Waals surface area contributed by atoms with Crippen molar-refractivity contribution in [3.8, 4) is 5.75 Å². The van der Waals surface area contributed by atoms with E-state index in [2.05, 4.69) is 42.2 Å². The summed E-state index contributed by atoms with van der Waals surface area (Å²) in [6, 6.07) is 16.6. The predicted molar refractivity (Wildman–Crippen MR) is 102 cm³/mol. The van der Waals surface area contributed by atoms with E-state index in [0.29, 0.717) is 6.61 Å². The minimum atomic E-state index is -0.0483. The fourth-order valence-electron chi connectivity index (χ4n) is 3.90. The molecule has 26 heavy (non-hydrogen) atoms. The summed E-state index contributed by atoms with van der Waals surface area (Å²) in [7, 11) is 0. The number of aryl methyl sites for hydroxylation is 1. The van der Waals surface area contributed by atoms with Crippen LogP contribution in [-0.4, -0.2) is 48.5 Å². The average Bonchev–Trinajstić information content (AvgIpc) is 2.69. The lowest BCUT2D eigenvalue weighted by atomic mass is 9.95. The molecule has 4 rings (SSSR count). The van der Waals surface area contributed by atoms with Crippen molar-refractivity contribution < 1.29 is 9.53 Å². The molecule has 1 atom stereocenters. The lowest BCUT2D eigenvalue weighted by molar-refractivity contribution is -0.138. The quantitative estimate of drug-likeness (QED) is 0.853. The Kier molecular flexibility index (Phi) is 4.93. The van der Waals surface area contributed by atoms with E-state index in [1.807, 2.05) is 23.1 Å². The van der Waals surface area contributed by atoms with Crippen LogP contribution in [0.15, 0.2) is 48.5 Å². The van der Waals surface area contributed by atoms with Crippen LogP contribution in [0.1, 0.15) is 16.7 Å². The second-order valence-corrected chi connectivity index (χ2v) is 7.35. The van der Waals surface area contributed by atoms with Gasteiger partial charge in [0.1, 0.15) is 12.4 Å².